The second-order valence-corrected chi connectivity index (χ2v) is 7.96. The summed E-state index contributed by atoms with van der Waals surface area (Å²) in [5, 5.41) is 0. The quantitative estimate of drug-likeness (QED) is 0.301. The molecule has 38 valence electrons. The minimum atomic E-state index is -0.756. The molecule has 0 aliphatic heterocycles. The van der Waals surface area contributed by atoms with E-state index in [0.29, 0.717) is 0 Å². The molecule has 0 radical (unpaired) electrons. The van der Waals surface area contributed by atoms with Crippen molar-refractivity contribution in [2.45, 2.75) is 26.6 Å². The molecule has 0 saturated carbocycles. The Morgan fingerprint density at radius 1 is 1.14 bits per heavy atom. The van der Waals surface area contributed by atoms with Gasteiger partial charge in [-0.3, -0.25) is 0 Å². The molecule has 0 aromatic heterocycles. The average Bonchev–Trinajstić information content (AvgIpc) is 1.35. The van der Waals surface area contributed by atoms with Crippen molar-refractivity contribution in [1.29, 1.82) is 0 Å². The molecule has 0 aliphatic rings. The summed E-state index contributed by atoms with van der Waals surface area (Å²) in [5.41, 5.74) is 0. The smallest absolute Gasteiger partial charge is 0.331 e. The van der Waals surface area contributed by atoms with E-state index >= 15 is 0 Å². The zero-order valence-electron chi connectivity index (χ0n) is 6.08. The molecule has 0 aliphatic carbocycles. The zero-order valence-corrected chi connectivity index (χ0v) is 7.08. The molecule has 0 fully saturated rings. The fraction of sp³-hybridized carbons (Fsp3) is 0.800. The molecular formula is C5H13LiSi. The van der Waals surface area contributed by atoms with E-state index in [4.69, 9.17) is 0 Å². The normalized spacial score (nSPS) is 10.3. The van der Waals surface area contributed by atoms with Crippen molar-refractivity contribution in [2.75, 3.05) is 0 Å². The fourth-order valence-electron chi connectivity index (χ4n) is 0. The number of rotatable bonds is 1. The van der Waals surface area contributed by atoms with E-state index in [1.807, 2.05) is 0 Å². The van der Waals surface area contributed by atoms with Gasteiger partial charge >= 0.3 is 18.9 Å². The summed E-state index contributed by atoms with van der Waals surface area (Å²) in [6.45, 7) is 9.12. The van der Waals surface area contributed by atoms with Crippen LogP contribution in [0.4, 0.5) is 0 Å². The Labute approximate surface area is 59.9 Å². The van der Waals surface area contributed by atoms with Crippen molar-refractivity contribution in [2.24, 2.45) is 0 Å². The SMILES string of the molecule is C[CH-][Si](C)(C)C.[Li+]. The standard InChI is InChI=1S/C5H13Si.Li/c1-5-6(2,3)4;/h5H,1-4H3;/q-1;+1. The largest absolute Gasteiger partial charge is 1.00 e. The summed E-state index contributed by atoms with van der Waals surface area (Å²) >= 11 is 0. The van der Waals surface area contributed by atoms with Gasteiger partial charge in [0.2, 0.25) is 0 Å². The molecule has 0 rings (SSSR count). The van der Waals surface area contributed by atoms with Gasteiger partial charge in [-0.1, -0.05) is 19.6 Å². The van der Waals surface area contributed by atoms with Crippen molar-refractivity contribution in [3.05, 3.63) is 6.04 Å². The molecule has 0 N–H and O–H groups in total. The Morgan fingerprint density at radius 2 is 1.29 bits per heavy atom. The van der Waals surface area contributed by atoms with Crippen LogP contribution in [0.1, 0.15) is 6.92 Å². The van der Waals surface area contributed by atoms with Gasteiger partial charge in [0.25, 0.3) is 0 Å². The van der Waals surface area contributed by atoms with Crippen molar-refractivity contribution >= 4 is 8.07 Å². The summed E-state index contributed by atoms with van der Waals surface area (Å²) in [6, 6.07) is 2.33. The summed E-state index contributed by atoms with van der Waals surface area (Å²) in [5.74, 6) is 0. The molecule has 0 nitrogen and oxygen atoms in total. The summed E-state index contributed by atoms with van der Waals surface area (Å²) in [7, 11) is -0.756. The predicted molar refractivity (Wildman–Crippen MR) is 33.3 cm³/mol. The van der Waals surface area contributed by atoms with Crippen LogP contribution in [0, 0.1) is 6.04 Å². The van der Waals surface area contributed by atoms with Crippen LogP contribution in [0.3, 0.4) is 0 Å². The second kappa shape index (κ2) is 3.77. The Bertz CT molecular complexity index is 37.8. The van der Waals surface area contributed by atoms with Crippen LogP contribution < -0.4 is 18.9 Å². The third-order valence-electron chi connectivity index (χ3n) is 0.866. The van der Waals surface area contributed by atoms with E-state index in [2.05, 4.69) is 32.6 Å². The van der Waals surface area contributed by atoms with Crippen LogP contribution in [0.15, 0.2) is 0 Å². The monoisotopic (exact) mass is 108 g/mol. The van der Waals surface area contributed by atoms with Crippen molar-refractivity contribution in [3.8, 4) is 0 Å². The Morgan fingerprint density at radius 3 is 1.29 bits per heavy atom. The van der Waals surface area contributed by atoms with Crippen LogP contribution in [0.2, 0.25) is 19.6 Å². The minimum Gasteiger partial charge on any atom is -0.331 e. The van der Waals surface area contributed by atoms with Crippen LogP contribution in [-0.2, 0) is 0 Å². The Hall–Kier alpha value is 0.814. The first kappa shape index (κ1) is 10.7. The van der Waals surface area contributed by atoms with E-state index < -0.39 is 8.07 Å². The van der Waals surface area contributed by atoms with Crippen LogP contribution in [0.5, 0.6) is 0 Å². The molecule has 0 amide bonds. The molecule has 0 heterocycles. The molecule has 2 heteroatoms. The summed E-state index contributed by atoms with van der Waals surface area (Å²) in [4.78, 5) is 0. The van der Waals surface area contributed by atoms with Crippen molar-refractivity contribution in [1.82, 2.24) is 0 Å². The molecule has 0 spiro atoms. The van der Waals surface area contributed by atoms with Gasteiger partial charge in [-0.25, -0.2) is 0 Å². The molecule has 0 saturated heterocycles. The minimum absolute atomic E-state index is 0. The summed E-state index contributed by atoms with van der Waals surface area (Å²) < 4.78 is 0. The first-order valence-corrected chi connectivity index (χ1v) is 5.94. The molecule has 0 aromatic rings. The van der Waals surface area contributed by atoms with Gasteiger partial charge in [-0.15, -0.1) is 8.07 Å². The maximum absolute atomic E-state index is 2.33. The van der Waals surface area contributed by atoms with Crippen LogP contribution in [-0.4, -0.2) is 8.07 Å². The third-order valence-corrected chi connectivity index (χ3v) is 2.60. The van der Waals surface area contributed by atoms with Crippen LogP contribution in [0.25, 0.3) is 0 Å². The van der Waals surface area contributed by atoms with E-state index in [-0.39, 0.29) is 18.9 Å². The molecular weight excluding hydrogens is 95.1 g/mol. The molecule has 0 unspecified atom stereocenters. The first-order chi connectivity index (χ1) is 2.56. The van der Waals surface area contributed by atoms with E-state index in [1.54, 1.807) is 0 Å². The maximum Gasteiger partial charge on any atom is 1.00 e. The first-order valence-electron chi connectivity index (χ1n) is 2.37. The fourth-order valence-corrected chi connectivity index (χ4v) is 0. The summed E-state index contributed by atoms with van der Waals surface area (Å²) in [6.07, 6.45) is 0. The van der Waals surface area contributed by atoms with Crippen molar-refractivity contribution in [3.63, 3.8) is 0 Å². The number of hydrogen-bond acceptors (Lipinski definition) is 0. The van der Waals surface area contributed by atoms with E-state index in [9.17, 15) is 0 Å². The molecule has 0 atom stereocenters. The molecule has 0 aromatic carbocycles. The molecule has 7 heavy (non-hydrogen) atoms. The van der Waals surface area contributed by atoms with Crippen LogP contribution >= 0.6 is 0 Å². The maximum atomic E-state index is 2.33. The van der Waals surface area contributed by atoms with Gasteiger partial charge in [0.15, 0.2) is 0 Å². The zero-order chi connectivity index (χ0) is 5.21. The predicted octanol–water partition coefficient (Wildman–Crippen LogP) is -0.908. The van der Waals surface area contributed by atoms with Gasteiger partial charge in [-0.05, 0) is 0 Å². The van der Waals surface area contributed by atoms with Gasteiger partial charge in [0, 0.05) is 0 Å². The molecule has 0 bridgehead atoms. The van der Waals surface area contributed by atoms with Gasteiger partial charge in [0.1, 0.15) is 0 Å². The Balaban J connectivity index is 0. The Kier molecular flexibility index (Phi) is 5.78. The second-order valence-electron chi connectivity index (χ2n) is 2.65. The van der Waals surface area contributed by atoms with Gasteiger partial charge < -0.3 is 6.04 Å². The van der Waals surface area contributed by atoms with Gasteiger partial charge in [-0.2, -0.15) is 6.92 Å². The number of hydrogen-bond donors (Lipinski definition) is 0. The van der Waals surface area contributed by atoms with Gasteiger partial charge in [0.05, 0.1) is 0 Å². The topological polar surface area (TPSA) is 0 Å². The third kappa shape index (κ3) is 10.9. The van der Waals surface area contributed by atoms with E-state index in [1.165, 1.54) is 0 Å². The van der Waals surface area contributed by atoms with E-state index in [0.717, 1.165) is 0 Å². The van der Waals surface area contributed by atoms with Crippen molar-refractivity contribution < 1.29 is 18.9 Å². The average molecular weight is 108 g/mol.